The Hall–Kier alpha value is -1.01. The maximum Gasteiger partial charge on any atom is 0.152 e. The van der Waals surface area contributed by atoms with Gasteiger partial charge in [0.15, 0.2) is 9.84 Å². The van der Waals surface area contributed by atoms with Crippen LogP contribution in [-0.2, 0) is 9.84 Å². The van der Waals surface area contributed by atoms with Crippen molar-refractivity contribution in [2.24, 2.45) is 0 Å². The average molecular weight is 216 g/mol. The Balaban J connectivity index is 2.92. The van der Waals surface area contributed by atoms with Crippen molar-refractivity contribution in [1.82, 2.24) is 9.97 Å². The minimum Gasteiger partial charge on any atom is -0.387 e. The third kappa shape index (κ3) is 2.49. The molecule has 0 bridgehead atoms. The molecule has 0 aliphatic heterocycles. The SMILES string of the molecule is CC(C(O)c1cncnc1)S(C)(=O)=O. The quantitative estimate of drug-likeness (QED) is 0.765. The van der Waals surface area contributed by atoms with Crippen LogP contribution in [0, 0.1) is 0 Å². The highest BCUT2D eigenvalue weighted by molar-refractivity contribution is 7.91. The molecular weight excluding hydrogens is 204 g/mol. The standard InChI is InChI=1S/C8H12N2O3S/c1-6(14(2,12)13)8(11)7-3-9-5-10-4-7/h3-6,8,11H,1-2H3. The average Bonchev–Trinajstić information content (AvgIpc) is 2.15. The number of hydrogen-bond donors (Lipinski definition) is 1. The molecule has 0 amide bonds. The molecule has 1 aromatic rings. The van der Waals surface area contributed by atoms with Crippen molar-refractivity contribution < 1.29 is 13.5 Å². The van der Waals surface area contributed by atoms with Crippen LogP contribution in [-0.4, -0.2) is 35.0 Å². The van der Waals surface area contributed by atoms with Crippen molar-refractivity contribution in [2.75, 3.05) is 6.26 Å². The van der Waals surface area contributed by atoms with Crippen LogP contribution < -0.4 is 0 Å². The molecule has 1 rings (SSSR count). The zero-order valence-electron chi connectivity index (χ0n) is 7.95. The van der Waals surface area contributed by atoms with E-state index in [9.17, 15) is 13.5 Å². The number of rotatable bonds is 3. The molecule has 0 saturated heterocycles. The predicted molar refractivity (Wildman–Crippen MR) is 51.3 cm³/mol. The first-order chi connectivity index (χ1) is 6.43. The summed E-state index contributed by atoms with van der Waals surface area (Å²) in [6.07, 6.45) is 4.14. The second-order valence-corrected chi connectivity index (χ2v) is 5.55. The number of aliphatic hydroxyl groups excluding tert-OH is 1. The molecular formula is C8H12N2O3S. The fraction of sp³-hybridized carbons (Fsp3) is 0.500. The van der Waals surface area contributed by atoms with E-state index in [4.69, 9.17) is 0 Å². The molecule has 2 atom stereocenters. The Morgan fingerprint density at radius 1 is 1.36 bits per heavy atom. The Kier molecular flexibility index (Phi) is 3.17. The Morgan fingerprint density at radius 3 is 2.29 bits per heavy atom. The Morgan fingerprint density at radius 2 is 1.86 bits per heavy atom. The predicted octanol–water partition coefficient (Wildman–Crippen LogP) is -0.0569. The fourth-order valence-corrected chi connectivity index (χ4v) is 1.59. The second-order valence-electron chi connectivity index (χ2n) is 3.15. The summed E-state index contributed by atoms with van der Waals surface area (Å²) in [7, 11) is -3.26. The zero-order valence-corrected chi connectivity index (χ0v) is 8.77. The highest BCUT2D eigenvalue weighted by atomic mass is 32.2. The molecule has 14 heavy (non-hydrogen) atoms. The molecule has 1 N–H and O–H groups in total. The third-order valence-electron chi connectivity index (χ3n) is 2.04. The van der Waals surface area contributed by atoms with Gasteiger partial charge in [-0.2, -0.15) is 0 Å². The Bertz CT molecular complexity index is 390. The lowest BCUT2D eigenvalue weighted by Gasteiger charge is -2.16. The van der Waals surface area contributed by atoms with Crippen LogP contribution in [0.3, 0.4) is 0 Å². The number of hydrogen-bond acceptors (Lipinski definition) is 5. The highest BCUT2D eigenvalue weighted by Gasteiger charge is 2.25. The molecule has 2 unspecified atom stereocenters. The maximum absolute atomic E-state index is 11.1. The summed E-state index contributed by atoms with van der Waals surface area (Å²) in [6, 6.07) is 0. The van der Waals surface area contributed by atoms with Gasteiger partial charge in [-0.05, 0) is 6.92 Å². The lowest BCUT2D eigenvalue weighted by Crippen LogP contribution is -2.24. The van der Waals surface area contributed by atoms with E-state index in [1.807, 2.05) is 0 Å². The molecule has 0 aliphatic rings. The minimum atomic E-state index is -3.26. The summed E-state index contributed by atoms with van der Waals surface area (Å²) in [4.78, 5) is 7.41. The van der Waals surface area contributed by atoms with E-state index in [-0.39, 0.29) is 0 Å². The van der Waals surface area contributed by atoms with Gasteiger partial charge in [0.25, 0.3) is 0 Å². The van der Waals surface area contributed by atoms with Crippen molar-refractivity contribution in [3.63, 3.8) is 0 Å². The normalized spacial score (nSPS) is 16.2. The largest absolute Gasteiger partial charge is 0.387 e. The van der Waals surface area contributed by atoms with Crippen molar-refractivity contribution in [3.8, 4) is 0 Å². The van der Waals surface area contributed by atoms with E-state index in [0.717, 1.165) is 6.26 Å². The Labute approximate surface area is 82.8 Å². The van der Waals surface area contributed by atoms with Gasteiger partial charge in [-0.25, -0.2) is 18.4 Å². The van der Waals surface area contributed by atoms with Gasteiger partial charge in [-0.1, -0.05) is 0 Å². The van der Waals surface area contributed by atoms with Crippen LogP contribution in [0.2, 0.25) is 0 Å². The monoisotopic (exact) mass is 216 g/mol. The molecule has 0 aromatic carbocycles. The van der Waals surface area contributed by atoms with Gasteiger partial charge in [0.05, 0.1) is 11.4 Å². The van der Waals surface area contributed by atoms with Gasteiger partial charge in [0.1, 0.15) is 6.33 Å². The first-order valence-electron chi connectivity index (χ1n) is 4.04. The van der Waals surface area contributed by atoms with Gasteiger partial charge in [-0.15, -0.1) is 0 Å². The van der Waals surface area contributed by atoms with Crippen molar-refractivity contribution in [2.45, 2.75) is 18.3 Å². The summed E-state index contributed by atoms with van der Waals surface area (Å²) in [5.41, 5.74) is 0.408. The van der Waals surface area contributed by atoms with Crippen LogP contribution >= 0.6 is 0 Å². The lowest BCUT2D eigenvalue weighted by molar-refractivity contribution is 0.175. The number of aliphatic hydroxyl groups is 1. The van der Waals surface area contributed by atoms with E-state index in [0.29, 0.717) is 5.56 Å². The highest BCUT2D eigenvalue weighted by Crippen LogP contribution is 2.19. The molecule has 0 radical (unpaired) electrons. The summed E-state index contributed by atoms with van der Waals surface area (Å²) < 4.78 is 22.3. The van der Waals surface area contributed by atoms with Crippen molar-refractivity contribution >= 4 is 9.84 Å². The van der Waals surface area contributed by atoms with Gasteiger partial charge in [0.2, 0.25) is 0 Å². The van der Waals surface area contributed by atoms with Gasteiger partial charge >= 0.3 is 0 Å². The van der Waals surface area contributed by atoms with Crippen LogP contribution in [0.15, 0.2) is 18.7 Å². The number of sulfone groups is 1. The summed E-state index contributed by atoms with van der Waals surface area (Å²) in [5, 5.41) is 8.81. The second kappa shape index (κ2) is 4.02. The van der Waals surface area contributed by atoms with Crippen molar-refractivity contribution in [1.29, 1.82) is 0 Å². The van der Waals surface area contributed by atoms with E-state index in [2.05, 4.69) is 9.97 Å². The fourth-order valence-electron chi connectivity index (χ4n) is 0.969. The summed E-state index contributed by atoms with van der Waals surface area (Å²) in [6.45, 7) is 1.45. The van der Waals surface area contributed by atoms with E-state index >= 15 is 0 Å². The molecule has 78 valence electrons. The maximum atomic E-state index is 11.1. The van der Waals surface area contributed by atoms with Crippen LogP contribution in [0.4, 0.5) is 0 Å². The summed E-state index contributed by atoms with van der Waals surface area (Å²) >= 11 is 0. The van der Waals surface area contributed by atoms with Crippen LogP contribution in [0.5, 0.6) is 0 Å². The summed E-state index contributed by atoms with van der Waals surface area (Å²) in [5.74, 6) is 0. The van der Waals surface area contributed by atoms with E-state index in [1.54, 1.807) is 0 Å². The van der Waals surface area contributed by atoms with Gasteiger partial charge in [-0.3, -0.25) is 0 Å². The zero-order chi connectivity index (χ0) is 10.8. The third-order valence-corrected chi connectivity index (χ3v) is 3.65. The number of nitrogens with zero attached hydrogens (tertiary/aromatic N) is 2. The van der Waals surface area contributed by atoms with Crippen LogP contribution in [0.25, 0.3) is 0 Å². The smallest absolute Gasteiger partial charge is 0.152 e. The molecule has 0 aliphatic carbocycles. The minimum absolute atomic E-state index is 0.408. The molecule has 0 fully saturated rings. The molecule has 5 nitrogen and oxygen atoms in total. The molecule has 0 saturated carbocycles. The van der Waals surface area contributed by atoms with E-state index < -0.39 is 21.2 Å². The van der Waals surface area contributed by atoms with E-state index in [1.165, 1.54) is 25.6 Å². The van der Waals surface area contributed by atoms with Crippen LogP contribution in [0.1, 0.15) is 18.6 Å². The molecule has 0 spiro atoms. The van der Waals surface area contributed by atoms with Crippen molar-refractivity contribution in [3.05, 3.63) is 24.3 Å². The topological polar surface area (TPSA) is 80.2 Å². The first kappa shape index (κ1) is 11.1. The molecule has 1 aromatic heterocycles. The van der Waals surface area contributed by atoms with Gasteiger partial charge in [0, 0.05) is 24.2 Å². The molecule has 1 heterocycles. The van der Waals surface area contributed by atoms with Gasteiger partial charge < -0.3 is 5.11 Å². The molecule has 6 heteroatoms. The first-order valence-corrected chi connectivity index (χ1v) is 6.00. The number of aromatic nitrogens is 2. The lowest BCUT2D eigenvalue weighted by atomic mass is 10.1.